The average Bonchev–Trinajstić information content (AvgIpc) is 3.24. The second-order valence-corrected chi connectivity index (χ2v) is 6.11. The summed E-state index contributed by atoms with van der Waals surface area (Å²) < 4.78 is 23.8. The van der Waals surface area contributed by atoms with Crippen molar-refractivity contribution in [1.82, 2.24) is 4.98 Å². The van der Waals surface area contributed by atoms with Crippen molar-refractivity contribution < 1.29 is 23.1 Å². The molecule has 132 valence electrons. The van der Waals surface area contributed by atoms with Gasteiger partial charge in [0, 0.05) is 24.2 Å². The summed E-state index contributed by atoms with van der Waals surface area (Å²) in [7, 11) is 1.31. The molecule has 0 bridgehead atoms. The van der Waals surface area contributed by atoms with Crippen molar-refractivity contribution in [2.45, 2.75) is 6.42 Å². The number of rotatable bonds is 3. The monoisotopic (exact) mass is 354 g/mol. The van der Waals surface area contributed by atoms with Gasteiger partial charge in [-0.15, -0.1) is 0 Å². The van der Waals surface area contributed by atoms with Crippen LogP contribution in [0.4, 0.5) is 10.1 Å². The predicted octanol–water partition coefficient (Wildman–Crippen LogP) is 3.16. The quantitative estimate of drug-likeness (QED) is 0.676. The molecule has 0 spiro atoms. The van der Waals surface area contributed by atoms with Crippen molar-refractivity contribution >= 4 is 28.7 Å². The number of aromatic nitrogens is 1. The molecule has 1 atom stereocenters. The normalized spacial score (nSPS) is 17.1. The maximum atomic E-state index is 13.4. The highest BCUT2D eigenvalue weighted by Gasteiger charge is 2.36. The molecule has 0 unspecified atom stereocenters. The molecule has 1 aromatic heterocycles. The van der Waals surface area contributed by atoms with E-state index in [1.54, 1.807) is 30.3 Å². The molecule has 0 saturated carbocycles. The Balaban J connectivity index is 1.66. The number of fused-ring (bicyclic) bond motifs is 1. The van der Waals surface area contributed by atoms with Gasteiger partial charge in [0.2, 0.25) is 11.8 Å². The maximum Gasteiger partial charge on any atom is 0.311 e. The van der Waals surface area contributed by atoms with Crippen LogP contribution >= 0.6 is 0 Å². The van der Waals surface area contributed by atoms with Crippen LogP contribution in [0.5, 0.6) is 0 Å². The van der Waals surface area contributed by atoms with Gasteiger partial charge < -0.3 is 14.1 Å². The minimum atomic E-state index is -0.469. The van der Waals surface area contributed by atoms with E-state index in [9.17, 15) is 14.0 Å². The molecule has 1 saturated heterocycles. The molecule has 3 aromatic rings. The van der Waals surface area contributed by atoms with Crippen LogP contribution in [0.25, 0.3) is 22.6 Å². The molecule has 7 heteroatoms. The van der Waals surface area contributed by atoms with Gasteiger partial charge in [-0.3, -0.25) is 9.59 Å². The molecule has 0 N–H and O–H groups in total. The van der Waals surface area contributed by atoms with E-state index in [1.807, 2.05) is 0 Å². The van der Waals surface area contributed by atoms with Crippen LogP contribution in [0.1, 0.15) is 6.42 Å². The molecular weight excluding hydrogens is 339 g/mol. The Hall–Kier alpha value is -3.22. The number of amides is 1. The molecule has 2 aromatic carbocycles. The number of carbonyl (C=O) groups is 2. The summed E-state index contributed by atoms with van der Waals surface area (Å²) in [6, 6.07) is 11.1. The Labute approximate surface area is 148 Å². The highest BCUT2D eigenvalue weighted by Crippen LogP contribution is 2.31. The Morgan fingerprint density at radius 2 is 2.15 bits per heavy atom. The van der Waals surface area contributed by atoms with E-state index in [4.69, 9.17) is 9.15 Å². The van der Waals surface area contributed by atoms with Gasteiger partial charge in [-0.05, 0) is 36.4 Å². The first-order chi connectivity index (χ1) is 12.5. The van der Waals surface area contributed by atoms with Gasteiger partial charge in [-0.25, -0.2) is 9.37 Å². The lowest BCUT2D eigenvalue weighted by Gasteiger charge is -2.16. The first kappa shape index (κ1) is 16.3. The SMILES string of the molecule is COC(=O)[C@@H]1CC(=O)N(c2ccc3oc(-c4cccc(F)c4)nc3c2)C1. The van der Waals surface area contributed by atoms with Crippen LogP contribution in [0.2, 0.25) is 0 Å². The number of hydrogen-bond acceptors (Lipinski definition) is 5. The molecule has 2 heterocycles. The van der Waals surface area contributed by atoms with E-state index >= 15 is 0 Å². The summed E-state index contributed by atoms with van der Waals surface area (Å²) in [5.41, 5.74) is 2.25. The van der Waals surface area contributed by atoms with Gasteiger partial charge in [0.05, 0.1) is 13.0 Å². The number of anilines is 1. The fourth-order valence-corrected chi connectivity index (χ4v) is 3.11. The van der Waals surface area contributed by atoms with E-state index in [0.29, 0.717) is 28.2 Å². The summed E-state index contributed by atoms with van der Waals surface area (Å²) in [4.78, 5) is 29.8. The summed E-state index contributed by atoms with van der Waals surface area (Å²) in [6.07, 6.45) is 0.123. The van der Waals surface area contributed by atoms with Crippen molar-refractivity contribution in [3.05, 3.63) is 48.3 Å². The zero-order valence-electron chi connectivity index (χ0n) is 13.9. The number of halogens is 1. The molecule has 0 radical (unpaired) electrons. The van der Waals surface area contributed by atoms with Crippen LogP contribution in [0.3, 0.4) is 0 Å². The number of carbonyl (C=O) groups excluding carboxylic acids is 2. The lowest BCUT2D eigenvalue weighted by molar-refractivity contribution is -0.145. The minimum absolute atomic E-state index is 0.123. The Morgan fingerprint density at radius 3 is 2.92 bits per heavy atom. The largest absolute Gasteiger partial charge is 0.469 e. The van der Waals surface area contributed by atoms with E-state index < -0.39 is 11.9 Å². The zero-order valence-corrected chi connectivity index (χ0v) is 13.9. The fourth-order valence-electron chi connectivity index (χ4n) is 3.11. The number of nitrogens with zero attached hydrogens (tertiary/aromatic N) is 2. The summed E-state index contributed by atoms with van der Waals surface area (Å²) >= 11 is 0. The summed E-state index contributed by atoms with van der Waals surface area (Å²) in [6.45, 7) is 0.269. The summed E-state index contributed by atoms with van der Waals surface area (Å²) in [5, 5.41) is 0. The molecular formula is C19H15FN2O4. The smallest absolute Gasteiger partial charge is 0.311 e. The Bertz CT molecular complexity index is 1010. The Kier molecular flexibility index (Phi) is 3.91. The van der Waals surface area contributed by atoms with Gasteiger partial charge in [0.1, 0.15) is 11.3 Å². The van der Waals surface area contributed by atoms with Crippen molar-refractivity contribution in [1.29, 1.82) is 0 Å². The molecule has 1 fully saturated rings. The van der Waals surface area contributed by atoms with Gasteiger partial charge >= 0.3 is 5.97 Å². The molecule has 0 aliphatic carbocycles. The molecule has 26 heavy (non-hydrogen) atoms. The molecule has 4 rings (SSSR count). The second kappa shape index (κ2) is 6.25. The standard InChI is InChI=1S/C19H15FN2O4/c1-25-19(24)12-8-17(23)22(10-12)14-5-6-16-15(9-14)21-18(26-16)11-3-2-4-13(20)7-11/h2-7,9,12H,8,10H2,1H3/t12-/m1/s1. The number of oxazole rings is 1. The van der Waals surface area contributed by atoms with Gasteiger partial charge in [0.25, 0.3) is 0 Å². The third-order valence-corrected chi connectivity index (χ3v) is 4.41. The van der Waals surface area contributed by atoms with E-state index in [-0.39, 0.29) is 24.7 Å². The number of methoxy groups -OCH3 is 1. The number of esters is 1. The lowest BCUT2D eigenvalue weighted by Crippen LogP contribution is -2.26. The topological polar surface area (TPSA) is 72.6 Å². The third-order valence-electron chi connectivity index (χ3n) is 4.41. The van der Waals surface area contributed by atoms with Crippen LogP contribution in [-0.2, 0) is 14.3 Å². The van der Waals surface area contributed by atoms with Crippen LogP contribution in [0, 0.1) is 11.7 Å². The van der Waals surface area contributed by atoms with Crippen molar-refractivity contribution in [2.24, 2.45) is 5.92 Å². The maximum absolute atomic E-state index is 13.4. The second-order valence-electron chi connectivity index (χ2n) is 6.11. The van der Waals surface area contributed by atoms with Gasteiger partial charge in [0.15, 0.2) is 5.58 Å². The number of benzene rings is 2. The average molecular weight is 354 g/mol. The van der Waals surface area contributed by atoms with Gasteiger partial charge in [-0.1, -0.05) is 6.07 Å². The van der Waals surface area contributed by atoms with Crippen LogP contribution < -0.4 is 4.90 Å². The minimum Gasteiger partial charge on any atom is -0.469 e. The highest BCUT2D eigenvalue weighted by molar-refractivity contribution is 6.00. The molecule has 1 amide bonds. The molecule has 1 aliphatic heterocycles. The number of ether oxygens (including phenoxy) is 1. The lowest BCUT2D eigenvalue weighted by atomic mass is 10.1. The summed E-state index contributed by atoms with van der Waals surface area (Å²) in [5.74, 6) is -1.08. The first-order valence-corrected chi connectivity index (χ1v) is 8.10. The number of hydrogen-bond donors (Lipinski definition) is 0. The van der Waals surface area contributed by atoms with Crippen molar-refractivity contribution in [3.8, 4) is 11.5 Å². The first-order valence-electron chi connectivity index (χ1n) is 8.10. The van der Waals surface area contributed by atoms with Crippen LogP contribution in [0.15, 0.2) is 46.9 Å². The zero-order chi connectivity index (χ0) is 18.3. The molecule has 1 aliphatic rings. The van der Waals surface area contributed by atoms with Crippen LogP contribution in [-0.4, -0.2) is 30.5 Å². The van der Waals surface area contributed by atoms with Crippen molar-refractivity contribution in [3.63, 3.8) is 0 Å². The molecule has 6 nitrogen and oxygen atoms in total. The van der Waals surface area contributed by atoms with E-state index in [1.165, 1.54) is 24.1 Å². The van der Waals surface area contributed by atoms with Gasteiger partial charge in [-0.2, -0.15) is 0 Å². The highest BCUT2D eigenvalue weighted by atomic mass is 19.1. The fraction of sp³-hybridized carbons (Fsp3) is 0.211. The Morgan fingerprint density at radius 1 is 1.31 bits per heavy atom. The van der Waals surface area contributed by atoms with E-state index in [2.05, 4.69) is 4.98 Å². The predicted molar refractivity (Wildman–Crippen MR) is 91.9 cm³/mol. The third kappa shape index (κ3) is 2.81. The van der Waals surface area contributed by atoms with Crippen molar-refractivity contribution in [2.75, 3.05) is 18.6 Å². The van der Waals surface area contributed by atoms with E-state index in [0.717, 1.165) is 0 Å².